The van der Waals surface area contributed by atoms with E-state index in [-0.39, 0.29) is 17.8 Å². The van der Waals surface area contributed by atoms with Gasteiger partial charge in [0.1, 0.15) is 44.3 Å². The maximum Gasteiger partial charge on any atom is 0.275 e. The van der Waals surface area contributed by atoms with Crippen LogP contribution in [-0.2, 0) is 11.3 Å². The van der Waals surface area contributed by atoms with E-state index in [4.69, 9.17) is 4.74 Å². The molecule has 0 aromatic heterocycles. The summed E-state index contributed by atoms with van der Waals surface area (Å²) in [6, 6.07) is 4.93. The Hall–Kier alpha value is -1.66. The zero-order valence-electron chi connectivity index (χ0n) is 17.2. The van der Waals surface area contributed by atoms with Crippen molar-refractivity contribution in [3.05, 3.63) is 29.6 Å². The van der Waals surface area contributed by atoms with E-state index in [1.54, 1.807) is 19.2 Å². The second-order valence-electron chi connectivity index (χ2n) is 8.25. The fraction of sp³-hybridized carbons (Fsp3) is 0.667. The lowest BCUT2D eigenvalue weighted by atomic mass is 10.0. The molecule has 1 aromatic carbocycles. The number of quaternary nitrogens is 2. The molecular weight excluding hydrogens is 345 g/mol. The summed E-state index contributed by atoms with van der Waals surface area (Å²) in [6.07, 6.45) is 2.17. The molecule has 27 heavy (non-hydrogen) atoms. The van der Waals surface area contributed by atoms with Crippen molar-refractivity contribution in [2.75, 3.05) is 39.8 Å². The second-order valence-corrected chi connectivity index (χ2v) is 8.25. The first-order valence-corrected chi connectivity index (χ1v) is 10.2. The predicted molar refractivity (Wildman–Crippen MR) is 105 cm³/mol. The molecular formula is C21H36FN3O2+2. The summed E-state index contributed by atoms with van der Waals surface area (Å²) in [5.41, 5.74) is 0.910. The topological polar surface area (TPSA) is 47.2 Å². The van der Waals surface area contributed by atoms with Crippen LogP contribution in [0.15, 0.2) is 18.2 Å². The predicted octanol–water partition coefficient (Wildman–Crippen LogP) is 0.0586. The lowest BCUT2D eigenvalue weighted by Gasteiger charge is -2.30. The van der Waals surface area contributed by atoms with Gasteiger partial charge < -0.3 is 19.9 Å². The number of halogens is 1. The molecule has 3 N–H and O–H groups in total. The largest absolute Gasteiger partial charge is 0.496 e. The van der Waals surface area contributed by atoms with Gasteiger partial charge in [0.05, 0.1) is 12.7 Å². The van der Waals surface area contributed by atoms with Crippen molar-refractivity contribution in [1.29, 1.82) is 0 Å². The highest BCUT2D eigenvalue weighted by Gasteiger charge is 2.26. The van der Waals surface area contributed by atoms with E-state index < -0.39 is 0 Å². The molecule has 1 aliphatic heterocycles. The normalized spacial score (nSPS) is 21.1. The van der Waals surface area contributed by atoms with Gasteiger partial charge in [-0.3, -0.25) is 4.79 Å². The molecule has 5 nitrogen and oxygen atoms in total. The summed E-state index contributed by atoms with van der Waals surface area (Å²) in [6.45, 7) is 11.7. The SMILES string of the molecule is COc1ccc(F)cc1C[NH+]1CC[NH+](CC(=O)N[C@@H](C)CCC(C)C)CC1. The Labute approximate surface area is 162 Å². The van der Waals surface area contributed by atoms with Crippen LogP contribution in [-0.4, -0.2) is 51.8 Å². The average Bonchev–Trinajstić information content (AvgIpc) is 2.62. The van der Waals surface area contributed by atoms with Crippen molar-refractivity contribution in [2.45, 2.75) is 46.2 Å². The number of ether oxygens (including phenoxy) is 1. The number of amides is 1. The Balaban J connectivity index is 1.74. The zero-order chi connectivity index (χ0) is 19.8. The highest BCUT2D eigenvalue weighted by molar-refractivity contribution is 5.77. The minimum Gasteiger partial charge on any atom is -0.496 e. The van der Waals surface area contributed by atoms with Gasteiger partial charge in [0.2, 0.25) is 0 Å². The molecule has 0 spiro atoms. The van der Waals surface area contributed by atoms with Crippen LogP contribution in [0.1, 0.15) is 39.2 Å². The standard InChI is InChI=1S/C21H34FN3O2/c1-16(2)5-6-17(3)23-21(26)15-25-11-9-24(10-12-25)14-18-13-19(22)7-8-20(18)27-4/h7-8,13,16-17H,5-6,9-12,14-15H2,1-4H3,(H,23,26)/p+2/t17-/m0/s1. The van der Waals surface area contributed by atoms with Crippen LogP contribution in [0.25, 0.3) is 0 Å². The molecule has 0 bridgehead atoms. The average molecular weight is 382 g/mol. The molecule has 1 heterocycles. The van der Waals surface area contributed by atoms with Gasteiger partial charge in [0, 0.05) is 6.04 Å². The molecule has 2 rings (SSSR count). The van der Waals surface area contributed by atoms with Crippen LogP contribution in [0.5, 0.6) is 5.75 Å². The molecule has 1 aromatic rings. The van der Waals surface area contributed by atoms with Crippen LogP contribution in [0.4, 0.5) is 4.39 Å². The number of hydrogen-bond acceptors (Lipinski definition) is 2. The van der Waals surface area contributed by atoms with Crippen molar-refractivity contribution in [3.63, 3.8) is 0 Å². The Kier molecular flexibility index (Phi) is 8.51. The summed E-state index contributed by atoms with van der Waals surface area (Å²) in [4.78, 5) is 15.0. The number of rotatable bonds is 9. The minimum absolute atomic E-state index is 0.150. The molecule has 0 radical (unpaired) electrons. The van der Waals surface area contributed by atoms with Gasteiger partial charge in [-0.05, 0) is 43.9 Å². The third kappa shape index (κ3) is 7.46. The third-order valence-electron chi connectivity index (χ3n) is 5.34. The van der Waals surface area contributed by atoms with E-state index in [0.717, 1.165) is 56.9 Å². The molecule has 0 aliphatic carbocycles. The molecule has 6 heteroatoms. The van der Waals surface area contributed by atoms with E-state index in [2.05, 4.69) is 26.1 Å². The number of carbonyl (C=O) groups is 1. The van der Waals surface area contributed by atoms with Crippen LogP contribution < -0.4 is 19.9 Å². The first-order chi connectivity index (χ1) is 12.9. The number of hydrogen-bond donors (Lipinski definition) is 3. The molecule has 1 aliphatic rings. The lowest BCUT2D eigenvalue weighted by Crippen LogP contribution is -3.28. The van der Waals surface area contributed by atoms with Crippen LogP contribution in [0, 0.1) is 11.7 Å². The van der Waals surface area contributed by atoms with E-state index in [1.807, 2.05) is 0 Å². The van der Waals surface area contributed by atoms with Gasteiger partial charge >= 0.3 is 0 Å². The molecule has 1 saturated heterocycles. The maximum absolute atomic E-state index is 13.5. The van der Waals surface area contributed by atoms with Crippen LogP contribution >= 0.6 is 0 Å². The lowest BCUT2D eigenvalue weighted by molar-refractivity contribution is -1.02. The summed E-state index contributed by atoms with van der Waals surface area (Å²) < 4.78 is 18.9. The van der Waals surface area contributed by atoms with Crippen molar-refractivity contribution in [1.82, 2.24) is 5.32 Å². The molecule has 1 amide bonds. The van der Waals surface area contributed by atoms with Gasteiger partial charge in [-0.2, -0.15) is 0 Å². The number of carbonyl (C=O) groups excluding carboxylic acids is 1. The third-order valence-corrected chi connectivity index (χ3v) is 5.34. The van der Waals surface area contributed by atoms with Crippen molar-refractivity contribution < 1.29 is 23.7 Å². The fourth-order valence-corrected chi connectivity index (χ4v) is 3.67. The van der Waals surface area contributed by atoms with Crippen LogP contribution in [0.3, 0.4) is 0 Å². The first kappa shape index (κ1) is 21.6. The second kappa shape index (κ2) is 10.6. The van der Waals surface area contributed by atoms with Gasteiger partial charge in [0.25, 0.3) is 5.91 Å². The van der Waals surface area contributed by atoms with E-state index in [0.29, 0.717) is 12.5 Å². The molecule has 0 unspecified atom stereocenters. The number of piperazine rings is 1. The van der Waals surface area contributed by atoms with Crippen molar-refractivity contribution in [3.8, 4) is 5.75 Å². The highest BCUT2D eigenvalue weighted by atomic mass is 19.1. The molecule has 1 atom stereocenters. The molecule has 1 fully saturated rings. The van der Waals surface area contributed by atoms with E-state index in [1.165, 1.54) is 15.9 Å². The van der Waals surface area contributed by atoms with Crippen LogP contribution in [0.2, 0.25) is 0 Å². The first-order valence-electron chi connectivity index (χ1n) is 10.2. The van der Waals surface area contributed by atoms with Gasteiger partial charge in [-0.1, -0.05) is 13.8 Å². The number of nitrogens with one attached hydrogen (secondary N) is 3. The monoisotopic (exact) mass is 381 g/mol. The summed E-state index contributed by atoms with van der Waals surface area (Å²) in [5.74, 6) is 1.34. The van der Waals surface area contributed by atoms with Gasteiger partial charge in [0.15, 0.2) is 6.54 Å². The van der Waals surface area contributed by atoms with Crippen molar-refractivity contribution >= 4 is 5.91 Å². The summed E-state index contributed by atoms with van der Waals surface area (Å²) >= 11 is 0. The van der Waals surface area contributed by atoms with Crippen molar-refractivity contribution in [2.24, 2.45) is 5.92 Å². The Bertz CT molecular complexity index is 601. The minimum atomic E-state index is -0.224. The number of methoxy groups -OCH3 is 1. The zero-order valence-corrected chi connectivity index (χ0v) is 17.2. The number of benzene rings is 1. The van der Waals surface area contributed by atoms with Gasteiger partial charge in [-0.25, -0.2) is 4.39 Å². The highest BCUT2D eigenvalue weighted by Crippen LogP contribution is 2.18. The van der Waals surface area contributed by atoms with E-state index in [9.17, 15) is 9.18 Å². The van der Waals surface area contributed by atoms with Gasteiger partial charge in [-0.15, -0.1) is 0 Å². The summed E-state index contributed by atoms with van der Waals surface area (Å²) in [7, 11) is 1.62. The smallest absolute Gasteiger partial charge is 0.275 e. The fourth-order valence-electron chi connectivity index (χ4n) is 3.67. The quantitative estimate of drug-likeness (QED) is 0.567. The molecule has 152 valence electrons. The Morgan fingerprint density at radius 2 is 1.81 bits per heavy atom. The Morgan fingerprint density at radius 1 is 1.15 bits per heavy atom. The maximum atomic E-state index is 13.5. The summed E-state index contributed by atoms with van der Waals surface area (Å²) in [5, 5.41) is 3.13. The molecule has 0 saturated carbocycles. The van der Waals surface area contributed by atoms with E-state index >= 15 is 0 Å². The Morgan fingerprint density at radius 3 is 2.44 bits per heavy atom.